The van der Waals surface area contributed by atoms with Gasteiger partial charge in [0.15, 0.2) is 6.10 Å². The highest BCUT2D eigenvalue weighted by Gasteiger charge is 2.25. The van der Waals surface area contributed by atoms with Gasteiger partial charge in [-0.2, -0.15) is 0 Å². The van der Waals surface area contributed by atoms with Gasteiger partial charge in [0.1, 0.15) is 12.6 Å². The lowest BCUT2D eigenvalue weighted by atomic mass is 10.1. The van der Waals surface area contributed by atoms with Gasteiger partial charge >= 0.3 is 11.9 Å². The fraction of sp³-hybridized carbons (Fsp3) is 0.660. The van der Waals surface area contributed by atoms with E-state index < -0.39 is 18.1 Å². The summed E-state index contributed by atoms with van der Waals surface area (Å²) >= 11 is 0. The monoisotopic (exact) mass is 810 g/mol. The standard InChI is InChI=1S/C50H83NO7/c1-6-8-10-12-14-16-18-20-22-23-24-25-27-29-31-33-35-37-39-41-49(53)58-46(44-56-43-42-47(50(54)55)51(3,4)5)45-57-48(52)40-38-36-34-32-30-28-26-21-19-17-15-13-11-9-7-2/h8-11,13-17,19-20,22,24-25,46-47H,6-7,12,18,21,23,26-45H2,1-5H3/b10-8+,11-9+,15-13+,16-14+,19-17+,22-20+,25-24+. The van der Waals surface area contributed by atoms with Crippen LogP contribution in [0.3, 0.4) is 0 Å². The Hall–Kier alpha value is -3.49. The summed E-state index contributed by atoms with van der Waals surface area (Å²) in [5.74, 6) is -1.78. The smallest absolute Gasteiger partial charge is 0.306 e. The minimum Gasteiger partial charge on any atom is -0.544 e. The normalized spacial score (nSPS) is 13.7. The van der Waals surface area contributed by atoms with Gasteiger partial charge in [-0.15, -0.1) is 0 Å². The van der Waals surface area contributed by atoms with E-state index in [-0.39, 0.29) is 42.7 Å². The van der Waals surface area contributed by atoms with E-state index >= 15 is 0 Å². The first kappa shape index (κ1) is 54.5. The van der Waals surface area contributed by atoms with E-state index in [9.17, 15) is 19.5 Å². The molecule has 0 aromatic heterocycles. The summed E-state index contributed by atoms with van der Waals surface area (Å²) < 4.78 is 17.2. The van der Waals surface area contributed by atoms with E-state index in [0.29, 0.717) is 12.8 Å². The van der Waals surface area contributed by atoms with Crippen LogP contribution < -0.4 is 5.11 Å². The maximum atomic E-state index is 12.7. The second-order valence-corrected chi connectivity index (χ2v) is 15.9. The molecule has 0 aromatic rings. The zero-order valence-corrected chi connectivity index (χ0v) is 37.4. The Balaban J connectivity index is 4.38. The van der Waals surface area contributed by atoms with Gasteiger partial charge in [-0.05, 0) is 70.6 Å². The Morgan fingerprint density at radius 2 is 1.00 bits per heavy atom. The molecular weight excluding hydrogens is 727 g/mol. The number of rotatable bonds is 39. The molecule has 0 aromatic carbocycles. The summed E-state index contributed by atoms with van der Waals surface area (Å²) in [6.45, 7) is 4.38. The summed E-state index contributed by atoms with van der Waals surface area (Å²) in [6.07, 6.45) is 51.7. The zero-order chi connectivity index (χ0) is 42.8. The van der Waals surface area contributed by atoms with Crippen molar-refractivity contribution in [3.63, 3.8) is 0 Å². The zero-order valence-electron chi connectivity index (χ0n) is 37.4. The number of ether oxygens (including phenoxy) is 3. The van der Waals surface area contributed by atoms with Gasteiger partial charge in [-0.1, -0.05) is 157 Å². The van der Waals surface area contributed by atoms with E-state index in [4.69, 9.17) is 14.2 Å². The molecule has 58 heavy (non-hydrogen) atoms. The molecule has 0 fully saturated rings. The van der Waals surface area contributed by atoms with Gasteiger partial charge in [0.2, 0.25) is 0 Å². The highest BCUT2D eigenvalue weighted by atomic mass is 16.6. The second-order valence-electron chi connectivity index (χ2n) is 15.9. The molecule has 8 nitrogen and oxygen atoms in total. The molecule has 8 heteroatoms. The molecule has 2 unspecified atom stereocenters. The van der Waals surface area contributed by atoms with Crippen LogP contribution in [-0.4, -0.2) is 75.5 Å². The summed E-state index contributed by atoms with van der Waals surface area (Å²) in [5.41, 5.74) is 0. The second kappa shape index (κ2) is 40.3. The van der Waals surface area contributed by atoms with Crippen molar-refractivity contribution in [2.45, 2.75) is 174 Å². The largest absolute Gasteiger partial charge is 0.544 e. The van der Waals surface area contributed by atoms with Crippen molar-refractivity contribution in [3.8, 4) is 0 Å². The predicted molar refractivity (Wildman–Crippen MR) is 240 cm³/mol. The number of likely N-dealkylation sites (N-methyl/N-ethyl adjacent to an activating group) is 1. The lowest BCUT2D eigenvalue weighted by molar-refractivity contribution is -0.889. The summed E-state index contributed by atoms with van der Waals surface area (Å²) in [6, 6.07) is -0.735. The van der Waals surface area contributed by atoms with Gasteiger partial charge in [0.25, 0.3) is 0 Å². The Labute approximate surface area is 354 Å². The van der Waals surface area contributed by atoms with E-state index in [0.717, 1.165) is 96.3 Å². The Bertz CT molecular complexity index is 1220. The number of aliphatic carboxylic acids is 1. The van der Waals surface area contributed by atoms with Crippen LogP contribution in [0.2, 0.25) is 0 Å². The van der Waals surface area contributed by atoms with Crippen LogP contribution in [0, 0.1) is 0 Å². The van der Waals surface area contributed by atoms with E-state index in [2.05, 4.69) is 98.9 Å². The Morgan fingerprint density at radius 3 is 1.53 bits per heavy atom. The lowest BCUT2D eigenvalue weighted by Crippen LogP contribution is -2.55. The first-order chi connectivity index (χ1) is 28.1. The maximum Gasteiger partial charge on any atom is 0.306 e. The molecule has 0 amide bonds. The molecule has 0 saturated heterocycles. The van der Waals surface area contributed by atoms with E-state index in [1.807, 2.05) is 0 Å². The number of unbranched alkanes of at least 4 members (excludes halogenated alkanes) is 13. The van der Waals surface area contributed by atoms with Crippen LogP contribution in [0.1, 0.15) is 162 Å². The topological polar surface area (TPSA) is 102 Å². The predicted octanol–water partition coefficient (Wildman–Crippen LogP) is 11.2. The molecule has 2 atom stereocenters. The van der Waals surface area contributed by atoms with Crippen molar-refractivity contribution in [1.29, 1.82) is 0 Å². The summed E-state index contributed by atoms with van der Waals surface area (Å²) in [5, 5.41) is 11.6. The molecule has 0 heterocycles. The number of carbonyl (C=O) groups excluding carboxylic acids is 3. The van der Waals surface area contributed by atoms with Crippen molar-refractivity contribution < 1.29 is 38.2 Å². The number of hydrogen-bond acceptors (Lipinski definition) is 7. The number of quaternary nitrogens is 1. The molecule has 0 rings (SSSR count). The molecule has 0 N–H and O–H groups in total. The number of hydrogen-bond donors (Lipinski definition) is 0. The highest BCUT2D eigenvalue weighted by Crippen LogP contribution is 2.13. The number of allylic oxidation sites excluding steroid dienone is 14. The van der Waals surface area contributed by atoms with Crippen molar-refractivity contribution in [2.24, 2.45) is 0 Å². The molecule has 0 saturated carbocycles. The number of nitrogens with zero attached hydrogens (tertiary/aromatic N) is 1. The van der Waals surface area contributed by atoms with E-state index in [1.54, 1.807) is 21.1 Å². The number of esters is 2. The van der Waals surface area contributed by atoms with Crippen molar-refractivity contribution in [2.75, 3.05) is 41.0 Å². The first-order valence-corrected chi connectivity index (χ1v) is 22.6. The number of carbonyl (C=O) groups is 3. The molecule has 0 aliphatic rings. The van der Waals surface area contributed by atoms with Crippen LogP contribution in [0.4, 0.5) is 0 Å². The molecular formula is C50H83NO7. The fourth-order valence-electron chi connectivity index (χ4n) is 6.12. The summed E-state index contributed by atoms with van der Waals surface area (Å²) in [7, 11) is 5.39. The Kier molecular flexibility index (Phi) is 37.9. The molecule has 0 radical (unpaired) electrons. The van der Waals surface area contributed by atoms with E-state index in [1.165, 1.54) is 32.1 Å². The third-order valence-electron chi connectivity index (χ3n) is 9.59. The minimum absolute atomic E-state index is 0.0258. The number of carboxylic acids is 1. The molecule has 330 valence electrons. The van der Waals surface area contributed by atoms with Crippen molar-refractivity contribution in [3.05, 3.63) is 85.1 Å². The third-order valence-corrected chi connectivity index (χ3v) is 9.59. The Morgan fingerprint density at radius 1 is 0.534 bits per heavy atom. The fourth-order valence-corrected chi connectivity index (χ4v) is 6.12. The molecule has 0 aliphatic carbocycles. The van der Waals surface area contributed by atoms with Crippen LogP contribution in [0.25, 0.3) is 0 Å². The van der Waals surface area contributed by atoms with Crippen molar-refractivity contribution >= 4 is 17.9 Å². The van der Waals surface area contributed by atoms with Crippen LogP contribution in [-0.2, 0) is 28.6 Å². The van der Waals surface area contributed by atoms with Crippen LogP contribution >= 0.6 is 0 Å². The number of carboxylic acid groups (broad SMARTS) is 1. The highest BCUT2D eigenvalue weighted by molar-refractivity contribution is 5.70. The van der Waals surface area contributed by atoms with Gasteiger partial charge in [0.05, 0.1) is 40.3 Å². The van der Waals surface area contributed by atoms with Gasteiger partial charge in [0, 0.05) is 19.3 Å². The first-order valence-electron chi connectivity index (χ1n) is 22.6. The summed E-state index contributed by atoms with van der Waals surface area (Å²) in [4.78, 5) is 36.9. The minimum atomic E-state index is -1.13. The maximum absolute atomic E-state index is 12.7. The van der Waals surface area contributed by atoms with Crippen LogP contribution in [0.5, 0.6) is 0 Å². The van der Waals surface area contributed by atoms with Gasteiger partial charge < -0.3 is 28.6 Å². The third kappa shape index (κ3) is 38.1. The molecule has 0 aliphatic heterocycles. The van der Waals surface area contributed by atoms with Crippen LogP contribution in [0.15, 0.2) is 85.1 Å². The SMILES string of the molecule is CC/C=C/C=C/C=C/CCCCCCCCCC(=O)OCC(COCCC(C(=O)[O-])[N+](C)(C)C)OC(=O)CCCCCCCC/C=C/C/C=C/C/C=C/C/C=C/CC. The quantitative estimate of drug-likeness (QED) is 0.0200. The average molecular weight is 810 g/mol. The lowest BCUT2D eigenvalue weighted by Gasteiger charge is -2.34. The molecule has 0 spiro atoms. The molecule has 0 bridgehead atoms. The van der Waals surface area contributed by atoms with Gasteiger partial charge in [-0.3, -0.25) is 9.59 Å². The average Bonchev–Trinajstić information content (AvgIpc) is 3.18. The van der Waals surface area contributed by atoms with Gasteiger partial charge in [-0.25, -0.2) is 0 Å². The van der Waals surface area contributed by atoms with Crippen molar-refractivity contribution in [1.82, 2.24) is 0 Å².